The van der Waals surface area contributed by atoms with Gasteiger partial charge in [0.1, 0.15) is 0 Å². The van der Waals surface area contributed by atoms with Gasteiger partial charge >= 0.3 is 5.69 Å². The Balaban J connectivity index is 2.67. The molecule has 0 saturated carbocycles. The van der Waals surface area contributed by atoms with Crippen LogP contribution in [0.1, 0.15) is 23.2 Å². The summed E-state index contributed by atoms with van der Waals surface area (Å²) in [4.78, 5) is 21.0. The van der Waals surface area contributed by atoms with E-state index in [1.54, 1.807) is 0 Å². The number of nitrogens with zero attached hydrogens (tertiary/aromatic N) is 2. The van der Waals surface area contributed by atoms with Gasteiger partial charge in [-0.05, 0) is 18.6 Å². The van der Waals surface area contributed by atoms with Crippen molar-refractivity contribution in [2.24, 2.45) is 0 Å². The highest BCUT2D eigenvalue weighted by Gasteiger charge is 2.16. The van der Waals surface area contributed by atoms with Crippen molar-refractivity contribution in [3.05, 3.63) is 39.7 Å². The van der Waals surface area contributed by atoms with Crippen LogP contribution in [0.3, 0.4) is 0 Å². The van der Waals surface area contributed by atoms with Crippen LogP contribution in [0.5, 0.6) is 0 Å². The molecule has 0 aliphatic rings. The first-order chi connectivity index (χ1) is 8.56. The fourth-order valence-electron chi connectivity index (χ4n) is 1.27. The minimum atomic E-state index is -1.05. The summed E-state index contributed by atoms with van der Waals surface area (Å²) in [5.41, 5.74) is -0.661. The quantitative estimate of drug-likeness (QED) is 0.490. The van der Waals surface area contributed by atoms with E-state index < -0.39 is 22.3 Å². The maximum atomic E-state index is 13.2. The molecule has 7 heteroatoms. The second kappa shape index (κ2) is 6.30. The number of rotatable bonds is 5. The van der Waals surface area contributed by atoms with Crippen molar-refractivity contribution in [3.8, 4) is 6.07 Å². The van der Waals surface area contributed by atoms with Crippen LogP contribution in [-0.2, 0) is 0 Å². The average Bonchev–Trinajstić information content (AvgIpc) is 2.33. The lowest BCUT2D eigenvalue weighted by atomic mass is 10.2. The molecule has 0 atom stereocenters. The monoisotopic (exact) mass is 251 g/mol. The van der Waals surface area contributed by atoms with Gasteiger partial charge in [0.2, 0.25) is 5.82 Å². The summed E-state index contributed by atoms with van der Waals surface area (Å²) in [6.07, 6.45) is 0.812. The normalized spacial score (nSPS) is 9.56. The smallest absolute Gasteiger partial charge is 0.304 e. The molecular formula is C11H10FN3O3. The summed E-state index contributed by atoms with van der Waals surface area (Å²) < 4.78 is 13.2. The Morgan fingerprint density at radius 1 is 1.56 bits per heavy atom. The average molecular weight is 251 g/mol. The molecular weight excluding hydrogens is 241 g/mol. The van der Waals surface area contributed by atoms with Gasteiger partial charge in [0, 0.05) is 24.6 Å². The fraction of sp³-hybridized carbons (Fsp3) is 0.273. The van der Waals surface area contributed by atoms with Crippen LogP contribution >= 0.6 is 0 Å². The standard InChI is InChI=1S/C11H10FN3O3/c12-9-7-8(3-4-10(9)15(17)18)11(16)14-6-2-1-5-13/h3-4,7H,1-2,6H2,(H,14,16). The van der Waals surface area contributed by atoms with E-state index in [-0.39, 0.29) is 5.56 Å². The number of nitrogens with one attached hydrogen (secondary N) is 1. The van der Waals surface area contributed by atoms with Crippen LogP contribution in [0, 0.1) is 27.3 Å². The van der Waals surface area contributed by atoms with Gasteiger partial charge in [-0.3, -0.25) is 14.9 Å². The number of benzene rings is 1. The summed E-state index contributed by atoms with van der Waals surface area (Å²) in [5.74, 6) is -1.58. The predicted molar refractivity (Wildman–Crippen MR) is 60.2 cm³/mol. The molecule has 6 nitrogen and oxygen atoms in total. The SMILES string of the molecule is N#CCCCNC(=O)c1ccc([N+](=O)[O-])c(F)c1. The molecule has 94 valence electrons. The summed E-state index contributed by atoms with van der Waals surface area (Å²) in [6, 6.07) is 4.87. The topological polar surface area (TPSA) is 96.0 Å². The number of hydrogen-bond donors (Lipinski definition) is 1. The van der Waals surface area contributed by atoms with E-state index in [0.29, 0.717) is 19.4 Å². The van der Waals surface area contributed by atoms with Gasteiger partial charge in [0.05, 0.1) is 11.0 Å². The first kappa shape index (κ1) is 13.6. The van der Waals surface area contributed by atoms with Crippen LogP contribution in [-0.4, -0.2) is 17.4 Å². The van der Waals surface area contributed by atoms with Crippen molar-refractivity contribution in [3.63, 3.8) is 0 Å². The van der Waals surface area contributed by atoms with E-state index in [4.69, 9.17) is 5.26 Å². The van der Waals surface area contributed by atoms with E-state index >= 15 is 0 Å². The number of hydrogen-bond acceptors (Lipinski definition) is 4. The molecule has 1 N–H and O–H groups in total. The molecule has 0 bridgehead atoms. The Bertz CT molecular complexity index is 511. The predicted octanol–water partition coefficient (Wildman–Crippen LogP) is 1.77. The molecule has 1 amide bonds. The van der Waals surface area contributed by atoms with E-state index in [9.17, 15) is 19.3 Å². The van der Waals surface area contributed by atoms with E-state index in [1.165, 1.54) is 6.07 Å². The van der Waals surface area contributed by atoms with Crippen molar-refractivity contribution in [2.75, 3.05) is 6.54 Å². The number of amides is 1. The minimum absolute atomic E-state index is 0.00931. The van der Waals surface area contributed by atoms with Gasteiger partial charge in [0.15, 0.2) is 0 Å². The molecule has 1 aromatic carbocycles. The summed E-state index contributed by atoms with van der Waals surface area (Å²) in [7, 11) is 0. The zero-order valence-corrected chi connectivity index (χ0v) is 9.35. The first-order valence-corrected chi connectivity index (χ1v) is 5.15. The van der Waals surface area contributed by atoms with Crippen LogP contribution in [0.4, 0.5) is 10.1 Å². The number of carbonyl (C=O) groups excluding carboxylic acids is 1. The summed E-state index contributed by atoms with van der Waals surface area (Å²) in [6.45, 7) is 0.297. The second-order valence-electron chi connectivity index (χ2n) is 3.44. The summed E-state index contributed by atoms with van der Waals surface area (Å²) in [5, 5.41) is 21.2. The fourth-order valence-corrected chi connectivity index (χ4v) is 1.27. The molecule has 1 rings (SSSR count). The Morgan fingerprint density at radius 2 is 2.28 bits per heavy atom. The molecule has 0 fully saturated rings. The molecule has 0 heterocycles. The lowest BCUT2D eigenvalue weighted by Gasteiger charge is -2.03. The Hall–Kier alpha value is -2.49. The maximum Gasteiger partial charge on any atom is 0.304 e. The zero-order chi connectivity index (χ0) is 13.5. The molecule has 0 aliphatic heterocycles. The van der Waals surface area contributed by atoms with E-state index in [1.807, 2.05) is 6.07 Å². The molecule has 0 unspecified atom stereocenters. The lowest BCUT2D eigenvalue weighted by molar-refractivity contribution is -0.387. The molecule has 18 heavy (non-hydrogen) atoms. The highest BCUT2D eigenvalue weighted by Crippen LogP contribution is 2.17. The van der Waals surface area contributed by atoms with Crippen LogP contribution in [0.2, 0.25) is 0 Å². The first-order valence-electron chi connectivity index (χ1n) is 5.15. The van der Waals surface area contributed by atoms with Crippen LogP contribution < -0.4 is 5.32 Å². The highest BCUT2D eigenvalue weighted by molar-refractivity contribution is 5.94. The zero-order valence-electron chi connectivity index (χ0n) is 9.35. The maximum absolute atomic E-state index is 13.2. The van der Waals surface area contributed by atoms with Gasteiger partial charge in [-0.2, -0.15) is 9.65 Å². The van der Waals surface area contributed by atoms with Gasteiger partial charge in [0.25, 0.3) is 5.91 Å². The van der Waals surface area contributed by atoms with Crippen molar-refractivity contribution in [1.82, 2.24) is 5.32 Å². The number of nitro groups is 1. The second-order valence-corrected chi connectivity index (χ2v) is 3.44. The number of nitriles is 1. The molecule has 0 aromatic heterocycles. The van der Waals surface area contributed by atoms with Gasteiger partial charge < -0.3 is 5.32 Å². The van der Waals surface area contributed by atoms with Gasteiger partial charge in [-0.15, -0.1) is 0 Å². The Labute approximate surface area is 102 Å². The van der Waals surface area contributed by atoms with Crippen molar-refractivity contribution >= 4 is 11.6 Å². The molecule has 1 aromatic rings. The molecule has 0 aliphatic carbocycles. The number of carbonyl (C=O) groups is 1. The third-order valence-electron chi connectivity index (χ3n) is 2.16. The number of nitro benzene ring substituents is 1. The lowest BCUT2D eigenvalue weighted by Crippen LogP contribution is -2.24. The van der Waals surface area contributed by atoms with Crippen LogP contribution in [0.25, 0.3) is 0 Å². The van der Waals surface area contributed by atoms with Crippen LogP contribution in [0.15, 0.2) is 18.2 Å². The molecule has 0 saturated heterocycles. The Kier molecular flexibility index (Phi) is 4.75. The van der Waals surface area contributed by atoms with Gasteiger partial charge in [-0.1, -0.05) is 0 Å². The minimum Gasteiger partial charge on any atom is -0.352 e. The Morgan fingerprint density at radius 3 is 2.83 bits per heavy atom. The molecule has 0 spiro atoms. The third-order valence-corrected chi connectivity index (χ3v) is 2.16. The van der Waals surface area contributed by atoms with Gasteiger partial charge in [-0.25, -0.2) is 0 Å². The van der Waals surface area contributed by atoms with E-state index in [0.717, 1.165) is 12.1 Å². The van der Waals surface area contributed by atoms with E-state index in [2.05, 4.69) is 5.32 Å². The third kappa shape index (κ3) is 3.52. The largest absolute Gasteiger partial charge is 0.352 e. The van der Waals surface area contributed by atoms with Crippen molar-refractivity contribution < 1.29 is 14.1 Å². The number of halogens is 1. The highest BCUT2D eigenvalue weighted by atomic mass is 19.1. The summed E-state index contributed by atoms with van der Waals surface area (Å²) >= 11 is 0. The molecule has 0 radical (unpaired) electrons. The van der Waals surface area contributed by atoms with Crippen molar-refractivity contribution in [2.45, 2.75) is 12.8 Å². The number of unbranched alkanes of at least 4 members (excludes halogenated alkanes) is 1. The van der Waals surface area contributed by atoms with Crippen molar-refractivity contribution in [1.29, 1.82) is 5.26 Å².